The van der Waals surface area contributed by atoms with Gasteiger partial charge in [0, 0.05) is 18.6 Å². The highest BCUT2D eigenvalue weighted by Crippen LogP contribution is 2.28. The van der Waals surface area contributed by atoms with Gasteiger partial charge in [-0.2, -0.15) is 0 Å². The van der Waals surface area contributed by atoms with Crippen molar-refractivity contribution in [3.8, 4) is 0 Å². The quantitative estimate of drug-likeness (QED) is 0.819. The smallest absolute Gasteiger partial charge is 0.268 e. The van der Waals surface area contributed by atoms with Crippen molar-refractivity contribution in [2.45, 2.75) is 40.2 Å². The van der Waals surface area contributed by atoms with Crippen LogP contribution < -0.4 is 11.1 Å². The highest BCUT2D eigenvalue weighted by Gasteiger charge is 2.22. The van der Waals surface area contributed by atoms with Gasteiger partial charge in [0.05, 0.1) is 0 Å². The lowest BCUT2D eigenvalue weighted by Gasteiger charge is -2.20. The summed E-state index contributed by atoms with van der Waals surface area (Å²) in [6, 6.07) is 0. The summed E-state index contributed by atoms with van der Waals surface area (Å²) in [5.41, 5.74) is 6.70. The maximum atomic E-state index is 12.5. The molecule has 0 saturated carbocycles. The maximum absolute atomic E-state index is 12.5. The number of nitrogen functional groups attached to an aromatic ring is 1. The minimum Gasteiger partial charge on any atom is -0.382 e. The zero-order valence-electron chi connectivity index (χ0n) is 12.9. The lowest BCUT2D eigenvalue weighted by Crippen LogP contribution is -2.32. The molecule has 0 radical (unpaired) electrons. The third-order valence-corrected chi connectivity index (χ3v) is 3.43. The first-order valence-corrected chi connectivity index (χ1v) is 7.44. The van der Waals surface area contributed by atoms with Crippen molar-refractivity contribution in [1.29, 1.82) is 0 Å². The lowest BCUT2D eigenvalue weighted by molar-refractivity contribution is 0.0784. The summed E-state index contributed by atoms with van der Waals surface area (Å²) in [5, 5.41) is 3.91. The first-order chi connectivity index (χ1) is 9.14. The molecule has 6 heteroatoms. The van der Waals surface area contributed by atoms with Crippen LogP contribution in [-0.2, 0) is 0 Å². The zero-order chi connectivity index (χ0) is 15.5. The van der Waals surface area contributed by atoms with Gasteiger partial charge in [-0.3, -0.25) is 4.79 Å². The van der Waals surface area contributed by atoms with Crippen molar-refractivity contribution >= 4 is 28.2 Å². The Labute approximate surface area is 124 Å². The van der Waals surface area contributed by atoms with E-state index in [0.717, 1.165) is 5.57 Å². The number of carbonyl (C=O) groups excluding carboxylic acids is 1. The van der Waals surface area contributed by atoms with Crippen LogP contribution in [0.15, 0.2) is 12.2 Å². The van der Waals surface area contributed by atoms with E-state index < -0.39 is 0 Å². The first kappa shape index (κ1) is 16.5. The van der Waals surface area contributed by atoms with Crippen LogP contribution in [0.4, 0.5) is 10.9 Å². The van der Waals surface area contributed by atoms with Gasteiger partial charge in [0.25, 0.3) is 5.91 Å². The van der Waals surface area contributed by atoms with Gasteiger partial charge >= 0.3 is 0 Å². The monoisotopic (exact) mass is 296 g/mol. The Hall–Kier alpha value is -1.56. The average molecular weight is 296 g/mol. The number of aromatic nitrogens is 1. The molecule has 0 aliphatic heterocycles. The van der Waals surface area contributed by atoms with E-state index in [1.165, 1.54) is 11.3 Å². The number of rotatable bonds is 5. The molecule has 5 nitrogen and oxygen atoms in total. The number of anilines is 2. The van der Waals surface area contributed by atoms with Crippen LogP contribution in [0, 0.1) is 0 Å². The molecule has 1 aromatic heterocycles. The number of likely N-dealkylation sites (N-methyl/N-ethyl adjacent to an activating group) is 1. The molecule has 112 valence electrons. The summed E-state index contributed by atoms with van der Waals surface area (Å²) < 4.78 is 0. The molecular weight excluding hydrogens is 272 g/mol. The molecule has 1 aromatic rings. The lowest BCUT2D eigenvalue weighted by atomic mass is 10.1. The fourth-order valence-electron chi connectivity index (χ4n) is 1.66. The van der Waals surface area contributed by atoms with Crippen molar-refractivity contribution in [1.82, 2.24) is 9.88 Å². The highest BCUT2D eigenvalue weighted by atomic mass is 32.1. The average Bonchev–Trinajstić information content (AvgIpc) is 2.63. The van der Waals surface area contributed by atoms with E-state index in [9.17, 15) is 4.79 Å². The summed E-state index contributed by atoms with van der Waals surface area (Å²) in [6.07, 6.45) is 0. The molecule has 1 amide bonds. The van der Waals surface area contributed by atoms with Crippen LogP contribution in [-0.4, -0.2) is 34.4 Å². The van der Waals surface area contributed by atoms with Gasteiger partial charge < -0.3 is 16.0 Å². The van der Waals surface area contributed by atoms with Crippen molar-refractivity contribution in [3.63, 3.8) is 0 Å². The summed E-state index contributed by atoms with van der Waals surface area (Å²) in [4.78, 5) is 18.9. The summed E-state index contributed by atoms with van der Waals surface area (Å²) >= 11 is 1.30. The number of nitrogens with one attached hydrogen (secondary N) is 1. The first-order valence-electron chi connectivity index (χ1n) is 6.62. The van der Waals surface area contributed by atoms with Gasteiger partial charge in [0.1, 0.15) is 10.7 Å². The van der Waals surface area contributed by atoms with Crippen LogP contribution in [0.3, 0.4) is 0 Å². The molecule has 0 bridgehead atoms. The highest BCUT2D eigenvalue weighted by molar-refractivity contribution is 7.18. The van der Waals surface area contributed by atoms with Gasteiger partial charge in [0.15, 0.2) is 5.13 Å². The zero-order valence-corrected chi connectivity index (χ0v) is 13.7. The number of amides is 1. The SMILES string of the molecule is C=C(C)CN(CC)C(=O)c1sc(NC(C)(C)C)nc1N. The van der Waals surface area contributed by atoms with Crippen molar-refractivity contribution in [2.24, 2.45) is 0 Å². The fourth-order valence-corrected chi connectivity index (χ4v) is 2.72. The Morgan fingerprint density at radius 2 is 2.10 bits per heavy atom. The predicted octanol–water partition coefficient (Wildman–Crippen LogP) is 2.97. The molecule has 0 aliphatic carbocycles. The molecule has 0 unspecified atom stereocenters. The number of thiazole rings is 1. The van der Waals surface area contributed by atoms with Crippen LogP contribution in [0.5, 0.6) is 0 Å². The Morgan fingerprint density at radius 3 is 2.55 bits per heavy atom. The number of nitrogens with zero attached hydrogens (tertiary/aromatic N) is 2. The molecule has 0 spiro atoms. The molecule has 1 heterocycles. The van der Waals surface area contributed by atoms with Crippen LogP contribution >= 0.6 is 11.3 Å². The van der Waals surface area contributed by atoms with Crippen LogP contribution in [0.2, 0.25) is 0 Å². The summed E-state index contributed by atoms with van der Waals surface area (Å²) in [7, 11) is 0. The predicted molar refractivity (Wildman–Crippen MR) is 86.3 cm³/mol. The molecular formula is C14H24N4OS. The van der Waals surface area contributed by atoms with E-state index in [2.05, 4.69) is 16.9 Å². The molecule has 0 aliphatic rings. The Morgan fingerprint density at radius 1 is 1.50 bits per heavy atom. The van der Waals surface area contributed by atoms with Gasteiger partial charge in [-0.1, -0.05) is 23.5 Å². The largest absolute Gasteiger partial charge is 0.382 e. The minimum absolute atomic E-state index is 0.0903. The Balaban J connectivity index is 2.95. The molecule has 1 rings (SSSR count). The van der Waals surface area contributed by atoms with Crippen molar-refractivity contribution in [3.05, 3.63) is 17.0 Å². The van der Waals surface area contributed by atoms with Gasteiger partial charge in [-0.15, -0.1) is 0 Å². The molecule has 20 heavy (non-hydrogen) atoms. The second-order valence-corrected chi connectivity index (χ2v) is 6.88. The van der Waals surface area contributed by atoms with Gasteiger partial charge in [-0.25, -0.2) is 4.98 Å². The summed E-state index contributed by atoms with van der Waals surface area (Å²) in [5.74, 6) is 0.194. The van der Waals surface area contributed by atoms with Crippen molar-refractivity contribution in [2.75, 3.05) is 24.1 Å². The van der Waals surface area contributed by atoms with E-state index in [-0.39, 0.29) is 17.3 Å². The van der Waals surface area contributed by atoms with E-state index >= 15 is 0 Å². The third kappa shape index (κ3) is 4.52. The number of hydrogen-bond donors (Lipinski definition) is 2. The van der Waals surface area contributed by atoms with Gasteiger partial charge in [0.2, 0.25) is 0 Å². The maximum Gasteiger partial charge on any atom is 0.268 e. The number of carbonyl (C=O) groups is 1. The third-order valence-electron chi connectivity index (χ3n) is 2.46. The molecule has 0 fully saturated rings. The second-order valence-electron chi connectivity index (χ2n) is 5.88. The fraction of sp³-hybridized carbons (Fsp3) is 0.571. The Kier molecular flexibility index (Phi) is 5.16. The molecule has 3 N–H and O–H groups in total. The van der Waals surface area contributed by atoms with E-state index in [0.29, 0.717) is 23.1 Å². The standard InChI is InChI=1S/C14H24N4OS/c1-7-18(8-9(2)3)12(19)10-11(15)16-13(20-10)17-14(4,5)6/h2,7-8,15H2,1,3-6H3,(H,16,17). The minimum atomic E-state index is -0.118. The Bertz CT molecular complexity index is 502. The van der Waals surface area contributed by atoms with E-state index in [1.54, 1.807) is 4.90 Å². The van der Waals surface area contributed by atoms with E-state index in [1.807, 2.05) is 34.6 Å². The molecule has 0 saturated heterocycles. The topological polar surface area (TPSA) is 71.2 Å². The molecule has 0 aromatic carbocycles. The summed E-state index contributed by atoms with van der Waals surface area (Å²) in [6.45, 7) is 14.9. The van der Waals surface area contributed by atoms with E-state index in [4.69, 9.17) is 5.73 Å². The normalized spacial score (nSPS) is 11.2. The molecule has 0 atom stereocenters. The second kappa shape index (κ2) is 6.26. The number of nitrogens with two attached hydrogens (primary N) is 1. The van der Waals surface area contributed by atoms with Gasteiger partial charge in [-0.05, 0) is 34.6 Å². The van der Waals surface area contributed by atoms with Crippen LogP contribution in [0.1, 0.15) is 44.3 Å². The van der Waals surface area contributed by atoms with Crippen LogP contribution in [0.25, 0.3) is 0 Å². The van der Waals surface area contributed by atoms with Crippen molar-refractivity contribution < 1.29 is 4.79 Å². The number of hydrogen-bond acceptors (Lipinski definition) is 5.